The van der Waals surface area contributed by atoms with Crippen molar-refractivity contribution in [2.45, 2.75) is 0 Å². The summed E-state index contributed by atoms with van der Waals surface area (Å²) >= 11 is 0. The summed E-state index contributed by atoms with van der Waals surface area (Å²) < 4.78 is 3.54. The first-order valence-corrected chi connectivity index (χ1v) is 1.95. The van der Waals surface area contributed by atoms with Gasteiger partial charge in [0.25, 0.3) is 0 Å². The van der Waals surface area contributed by atoms with Gasteiger partial charge in [-0.25, -0.2) is 4.79 Å². The van der Waals surface area contributed by atoms with Crippen molar-refractivity contribution in [2.75, 3.05) is 0 Å². The summed E-state index contributed by atoms with van der Waals surface area (Å²) in [6.45, 7) is 0. The lowest BCUT2D eigenvalue weighted by atomic mass is 10.3. The van der Waals surface area contributed by atoms with Crippen LogP contribution in [0.25, 0.3) is 10.4 Å². The lowest BCUT2D eigenvalue weighted by molar-refractivity contribution is 0.0813. The normalized spacial score (nSPS) is 7.40. The van der Waals surface area contributed by atoms with Crippen molar-refractivity contribution in [2.24, 2.45) is 5.28 Å². The maximum Gasteiger partial charge on any atom is 0.711 e. The molecular formula is CH2BN3O5. The summed E-state index contributed by atoms with van der Waals surface area (Å²) in [5.74, 6) is 0. The van der Waals surface area contributed by atoms with Gasteiger partial charge in [-0.05, 0) is 5.53 Å². The summed E-state index contributed by atoms with van der Waals surface area (Å²) in [7, 11) is -2.28. The van der Waals surface area contributed by atoms with Crippen LogP contribution in [0.3, 0.4) is 0 Å². The van der Waals surface area contributed by atoms with Crippen molar-refractivity contribution in [1.29, 1.82) is 0 Å². The Bertz CT molecular complexity index is 162. The molecule has 0 aliphatic carbocycles. The van der Waals surface area contributed by atoms with Crippen LogP contribution in [0.5, 0.6) is 0 Å². The molecule has 9 heteroatoms. The van der Waals surface area contributed by atoms with E-state index in [0.717, 1.165) is 0 Å². The molecule has 0 aromatic heterocycles. The molecule has 0 spiro atoms. The Labute approximate surface area is 54.7 Å². The van der Waals surface area contributed by atoms with Crippen LogP contribution in [-0.2, 0) is 9.49 Å². The largest absolute Gasteiger partial charge is 0.711 e. The van der Waals surface area contributed by atoms with Gasteiger partial charge in [0, 0.05) is 4.91 Å². The first kappa shape index (κ1) is 8.56. The van der Waals surface area contributed by atoms with E-state index in [-0.39, 0.29) is 0 Å². The van der Waals surface area contributed by atoms with Gasteiger partial charge in [-0.1, -0.05) is 0 Å². The molecule has 0 saturated heterocycles. The Morgan fingerprint density at radius 1 is 1.70 bits per heavy atom. The predicted octanol–water partition coefficient (Wildman–Crippen LogP) is -0.666. The maximum atomic E-state index is 9.98. The van der Waals surface area contributed by atoms with Gasteiger partial charge < -0.3 is 19.5 Å². The molecule has 0 aliphatic rings. The van der Waals surface area contributed by atoms with Gasteiger partial charge in [-0.3, -0.25) is 0 Å². The molecule has 0 fully saturated rings. The molecule has 0 aliphatic heterocycles. The topological polar surface area (TPSA) is 125 Å². The van der Waals surface area contributed by atoms with Gasteiger partial charge in [0.05, 0.1) is 0 Å². The molecule has 0 saturated carbocycles. The van der Waals surface area contributed by atoms with Crippen LogP contribution in [0, 0.1) is 0 Å². The monoisotopic (exact) mass is 147 g/mol. The molecule has 2 N–H and O–H groups in total. The van der Waals surface area contributed by atoms with Crippen LogP contribution in [0.15, 0.2) is 5.28 Å². The van der Waals surface area contributed by atoms with E-state index in [2.05, 4.69) is 14.8 Å². The molecule has 0 aromatic rings. The summed E-state index contributed by atoms with van der Waals surface area (Å²) in [5.41, 5.74) is 7.55. The third-order valence-electron chi connectivity index (χ3n) is 0.354. The van der Waals surface area contributed by atoms with Gasteiger partial charge in [-0.2, -0.15) is 0 Å². The minimum Gasteiger partial charge on any atom is -0.452 e. The van der Waals surface area contributed by atoms with Crippen molar-refractivity contribution in [3.8, 4) is 0 Å². The van der Waals surface area contributed by atoms with E-state index in [4.69, 9.17) is 15.6 Å². The molecule has 0 amide bonds. The number of carbonyl (C=O) groups excluding carboxylic acids is 1. The third kappa shape index (κ3) is 4.72. The summed E-state index contributed by atoms with van der Waals surface area (Å²) in [6.07, 6.45) is -1.49. The summed E-state index contributed by atoms with van der Waals surface area (Å²) in [4.78, 5) is 15.5. The Balaban J connectivity index is 3.54. The molecule has 0 unspecified atom stereocenters. The molecule has 10 heavy (non-hydrogen) atoms. The second-order valence-corrected chi connectivity index (χ2v) is 0.957. The third-order valence-corrected chi connectivity index (χ3v) is 0.354. The quantitative estimate of drug-likeness (QED) is 0.176. The molecular weight excluding hydrogens is 145 g/mol. The fourth-order valence-electron chi connectivity index (χ4n) is 0.159. The van der Waals surface area contributed by atoms with Crippen molar-refractivity contribution in [3.05, 3.63) is 10.4 Å². The molecule has 0 radical (unpaired) electrons. The summed E-state index contributed by atoms with van der Waals surface area (Å²) in [5, 5.41) is 18.1. The molecule has 8 nitrogen and oxygen atoms in total. The van der Waals surface area contributed by atoms with E-state index in [1.165, 1.54) is 0 Å². The van der Waals surface area contributed by atoms with Crippen molar-refractivity contribution in [3.63, 3.8) is 0 Å². The zero-order valence-corrected chi connectivity index (χ0v) is 4.54. The van der Waals surface area contributed by atoms with Crippen molar-refractivity contribution in [1.82, 2.24) is 0 Å². The zero-order valence-electron chi connectivity index (χ0n) is 4.54. The Morgan fingerprint density at radius 2 is 2.30 bits per heavy atom. The van der Waals surface area contributed by atoms with Crippen LogP contribution >= 0.6 is 0 Å². The Hall–Kier alpha value is -1.44. The highest BCUT2D eigenvalue weighted by Gasteiger charge is 2.16. The maximum absolute atomic E-state index is 9.98. The highest BCUT2D eigenvalue weighted by Crippen LogP contribution is 1.85. The average Bonchev–Trinajstić information content (AvgIpc) is 1.82. The van der Waals surface area contributed by atoms with E-state index in [1.54, 1.807) is 0 Å². The van der Waals surface area contributed by atoms with Crippen LogP contribution in [-0.4, -0.2) is 23.5 Å². The molecule has 0 heterocycles. The van der Waals surface area contributed by atoms with E-state index in [9.17, 15) is 4.79 Å². The highest BCUT2D eigenvalue weighted by molar-refractivity contribution is 6.35. The van der Waals surface area contributed by atoms with Gasteiger partial charge in [0.15, 0.2) is 0 Å². The highest BCUT2D eigenvalue weighted by atomic mass is 16.8. The number of azide groups is 1. The zero-order chi connectivity index (χ0) is 7.98. The number of nitrogens with zero attached hydrogens (tertiary/aromatic N) is 3. The van der Waals surface area contributed by atoms with E-state index >= 15 is 0 Å². The average molecular weight is 147 g/mol. The van der Waals surface area contributed by atoms with Gasteiger partial charge in [0.2, 0.25) is 0 Å². The van der Waals surface area contributed by atoms with Gasteiger partial charge >= 0.3 is 13.5 Å². The molecule has 0 bridgehead atoms. The second-order valence-electron chi connectivity index (χ2n) is 0.957. The summed E-state index contributed by atoms with van der Waals surface area (Å²) in [6, 6.07) is 0. The van der Waals surface area contributed by atoms with E-state index in [0.29, 0.717) is 0 Å². The SMILES string of the molecule is [N-]=[N+]=NOC(=O)OB(O)O. The lowest BCUT2D eigenvalue weighted by Crippen LogP contribution is -2.21. The Kier molecular flexibility index (Phi) is 3.81. The number of hydrogen-bond donors (Lipinski definition) is 2. The fraction of sp³-hybridized carbons (Fsp3) is 0. The first-order valence-electron chi connectivity index (χ1n) is 1.95. The van der Waals surface area contributed by atoms with Crippen molar-refractivity contribution < 1.29 is 24.3 Å². The van der Waals surface area contributed by atoms with Crippen molar-refractivity contribution >= 4 is 13.5 Å². The van der Waals surface area contributed by atoms with Gasteiger partial charge in [0.1, 0.15) is 5.28 Å². The predicted molar refractivity (Wildman–Crippen MR) is 26.9 cm³/mol. The number of hydrogen-bond acceptors (Lipinski definition) is 6. The number of rotatable bonds is 2. The smallest absolute Gasteiger partial charge is 0.452 e. The van der Waals surface area contributed by atoms with Crippen LogP contribution < -0.4 is 0 Å². The second kappa shape index (κ2) is 4.44. The Morgan fingerprint density at radius 3 is 2.70 bits per heavy atom. The standard InChI is InChI=1S/CH2BN3O5/c3-4-5-10-1(6)9-2(7)8/h7-8H. The molecule has 0 aromatic carbocycles. The van der Waals surface area contributed by atoms with Crippen LogP contribution in [0.4, 0.5) is 4.79 Å². The molecule has 0 rings (SSSR count). The molecule has 0 atom stereocenters. The molecule has 54 valence electrons. The van der Waals surface area contributed by atoms with Crippen LogP contribution in [0.1, 0.15) is 0 Å². The minimum absolute atomic E-state index is 1.49. The van der Waals surface area contributed by atoms with Gasteiger partial charge in [-0.15, -0.1) is 0 Å². The van der Waals surface area contributed by atoms with E-state index in [1.807, 2.05) is 4.91 Å². The number of carbonyl (C=O) groups is 1. The fourth-order valence-corrected chi connectivity index (χ4v) is 0.159. The van der Waals surface area contributed by atoms with Crippen LogP contribution in [0.2, 0.25) is 0 Å². The lowest BCUT2D eigenvalue weighted by Gasteiger charge is -1.96. The van der Waals surface area contributed by atoms with E-state index < -0.39 is 13.5 Å². The minimum atomic E-state index is -2.28. The first-order chi connectivity index (χ1) is 4.66.